The molecule has 6 unspecified atom stereocenters. The number of carbonyl (C=O) groups is 8. The second-order valence-electron chi connectivity index (χ2n) is 20.5. The van der Waals surface area contributed by atoms with Crippen molar-refractivity contribution < 1.29 is 115 Å². The van der Waals surface area contributed by atoms with Crippen molar-refractivity contribution in [3.05, 3.63) is 179 Å². The zero-order valence-corrected chi connectivity index (χ0v) is 47.1. The van der Waals surface area contributed by atoms with E-state index in [1.54, 1.807) is 105 Å². The van der Waals surface area contributed by atoms with Crippen molar-refractivity contribution in [1.82, 2.24) is 0 Å². The zero-order valence-electron chi connectivity index (χ0n) is 47.1. The van der Waals surface area contributed by atoms with Crippen LogP contribution in [0.5, 0.6) is 0 Å². The molecule has 15 atom stereocenters. The molecule has 4 aliphatic rings. The number of ether oxygens (including phenoxy) is 15. The highest BCUT2D eigenvalue weighted by atomic mass is 16.9. The molecule has 0 aromatic heterocycles. The number of benzene rings is 5. The quantitative estimate of drug-likeness (QED) is 0.0723. The standard InChI is InChI=1S/C62H62O24/c1-34(63)75-43(48-51(53-61(83-48)86-62(4,5)85-53)84-60-49(77-36(3)65)45(66)46(76-35(2)64)42(79-60)31-72-54(67)37-21-11-6-12-22-37)33-74-59-52(82-58(71)41-29-19-10-20-30-41)50(81-57(70)40-27-17-9-18-28-40)47(80-56(69)39-25-15-8-16-26-39)44(78-59)32-73-55(68)38-23-13-7-14-24-38/h6-30,42-53,59-61,66H,31-33H2,1-5H3/t42?,43?,44?,45-,46-,47-,48-,49?,50-,51-,52?,53?,59+,60-,61-/m0/s1. The second kappa shape index (κ2) is 28.2. The highest BCUT2D eigenvalue weighted by Crippen LogP contribution is 2.43. The number of fused-ring (bicyclic) bond motifs is 1. The molecule has 0 bridgehead atoms. The highest BCUT2D eigenvalue weighted by Gasteiger charge is 2.61. The van der Waals surface area contributed by atoms with Crippen LogP contribution in [0.3, 0.4) is 0 Å². The first-order valence-corrected chi connectivity index (χ1v) is 27.3. The summed E-state index contributed by atoms with van der Waals surface area (Å²) >= 11 is 0. The van der Waals surface area contributed by atoms with Gasteiger partial charge in [-0.3, -0.25) is 14.4 Å². The van der Waals surface area contributed by atoms with E-state index in [-0.39, 0.29) is 27.8 Å². The minimum Gasteiger partial charge on any atom is -0.459 e. The van der Waals surface area contributed by atoms with Gasteiger partial charge >= 0.3 is 47.8 Å². The Morgan fingerprint density at radius 1 is 0.453 bits per heavy atom. The van der Waals surface area contributed by atoms with Gasteiger partial charge in [0.2, 0.25) is 0 Å². The lowest BCUT2D eigenvalue weighted by Crippen LogP contribution is -2.64. The van der Waals surface area contributed by atoms with Crippen molar-refractivity contribution in [1.29, 1.82) is 0 Å². The molecule has 9 rings (SSSR count). The fourth-order valence-electron chi connectivity index (χ4n) is 9.98. The molecule has 86 heavy (non-hydrogen) atoms. The van der Waals surface area contributed by atoms with Crippen LogP contribution in [0.2, 0.25) is 0 Å². The van der Waals surface area contributed by atoms with E-state index >= 15 is 0 Å². The fourth-order valence-corrected chi connectivity index (χ4v) is 9.98. The first kappa shape index (κ1) is 62.1. The van der Waals surface area contributed by atoms with Gasteiger partial charge in [-0.1, -0.05) is 91.0 Å². The first-order chi connectivity index (χ1) is 41.3. The van der Waals surface area contributed by atoms with Crippen molar-refractivity contribution in [3.8, 4) is 0 Å². The van der Waals surface area contributed by atoms with Crippen LogP contribution in [-0.4, -0.2) is 171 Å². The van der Waals surface area contributed by atoms with Crippen LogP contribution < -0.4 is 0 Å². The van der Waals surface area contributed by atoms with Crippen LogP contribution in [0, 0.1) is 0 Å². The van der Waals surface area contributed by atoms with Crippen LogP contribution >= 0.6 is 0 Å². The van der Waals surface area contributed by atoms with Crippen molar-refractivity contribution in [2.24, 2.45) is 0 Å². The number of aliphatic hydroxyl groups excluding tert-OH is 1. The van der Waals surface area contributed by atoms with E-state index in [4.69, 9.17) is 71.1 Å². The van der Waals surface area contributed by atoms with Crippen molar-refractivity contribution in [2.75, 3.05) is 19.8 Å². The Hall–Kier alpha value is -8.46. The molecule has 5 aromatic carbocycles. The Bertz CT molecular complexity index is 3150. The molecule has 4 fully saturated rings. The van der Waals surface area contributed by atoms with Gasteiger partial charge < -0.3 is 76.2 Å². The topological polar surface area (TPSA) is 295 Å². The van der Waals surface area contributed by atoms with Crippen molar-refractivity contribution in [3.63, 3.8) is 0 Å². The summed E-state index contributed by atoms with van der Waals surface area (Å²) in [7, 11) is 0. The highest BCUT2D eigenvalue weighted by molar-refractivity contribution is 5.92. The lowest BCUT2D eigenvalue weighted by atomic mass is 9.97. The molecule has 24 nitrogen and oxygen atoms in total. The molecule has 4 heterocycles. The van der Waals surface area contributed by atoms with Crippen LogP contribution in [0.15, 0.2) is 152 Å². The van der Waals surface area contributed by atoms with Gasteiger partial charge in [-0.05, 0) is 74.5 Å². The number of rotatable bonds is 21. The Morgan fingerprint density at radius 3 is 1.31 bits per heavy atom. The van der Waals surface area contributed by atoms with Crippen LogP contribution in [0.25, 0.3) is 0 Å². The maximum Gasteiger partial charge on any atom is 0.338 e. The van der Waals surface area contributed by atoms with E-state index < -0.39 is 165 Å². The third-order valence-corrected chi connectivity index (χ3v) is 13.8. The Morgan fingerprint density at radius 2 is 0.860 bits per heavy atom. The molecule has 24 heteroatoms. The van der Waals surface area contributed by atoms with Crippen LogP contribution in [0.4, 0.5) is 0 Å². The van der Waals surface area contributed by atoms with Crippen molar-refractivity contribution in [2.45, 2.75) is 133 Å². The van der Waals surface area contributed by atoms with E-state index in [0.717, 1.165) is 20.8 Å². The molecular formula is C62H62O24. The summed E-state index contributed by atoms with van der Waals surface area (Å²) in [6.45, 7) is 4.20. The van der Waals surface area contributed by atoms with Crippen LogP contribution in [0.1, 0.15) is 86.4 Å². The van der Waals surface area contributed by atoms with Gasteiger partial charge in [0.05, 0.1) is 34.4 Å². The normalized spacial score (nSPS) is 27.6. The van der Waals surface area contributed by atoms with Gasteiger partial charge in [0.25, 0.3) is 0 Å². The lowest BCUT2D eigenvalue weighted by molar-refractivity contribution is -0.330. The maximum absolute atomic E-state index is 14.3. The Kier molecular flexibility index (Phi) is 20.3. The Labute approximate surface area is 492 Å². The fraction of sp³-hybridized carbons (Fsp3) is 0.387. The van der Waals surface area contributed by atoms with Gasteiger partial charge in [-0.15, -0.1) is 0 Å². The summed E-state index contributed by atoms with van der Waals surface area (Å²) in [5, 5.41) is 11.9. The average Bonchev–Trinajstić information content (AvgIpc) is 1.80. The molecule has 0 spiro atoms. The number of hydrogen-bond acceptors (Lipinski definition) is 24. The third kappa shape index (κ3) is 15.5. The van der Waals surface area contributed by atoms with Gasteiger partial charge in [0.1, 0.15) is 49.8 Å². The maximum atomic E-state index is 14.3. The largest absolute Gasteiger partial charge is 0.459 e. The lowest BCUT2D eigenvalue weighted by Gasteiger charge is -2.45. The number of esters is 8. The molecule has 4 saturated heterocycles. The minimum absolute atomic E-state index is 0.0145. The van der Waals surface area contributed by atoms with E-state index in [0.29, 0.717) is 0 Å². The van der Waals surface area contributed by atoms with Crippen molar-refractivity contribution >= 4 is 47.8 Å². The summed E-state index contributed by atoms with van der Waals surface area (Å²) < 4.78 is 91.8. The summed E-state index contributed by atoms with van der Waals surface area (Å²) in [6, 6.07) is 38.9. The zero-order chi connectivity index (χ0) is 61.1. The first-order valence-electron chi connectivity index (χ1n) is 27.3. The number of aliphatic hydroxyl groups is 1. The number of carbonyl (C=O) groups excluding carboxylic acids is 8. The second-order valence-corrected chi connectivity index (χ2v) is 20.5. The molecule has 0 saturated carbocycles. The van der Waals surface area contributed by atoms with Gasteiger partial charge in [-0.25, -0.2) is 24.0 Å². The molecule has 0 radical (unpaired) electrons. The molecule has 454 valence electrons. The van der Waals surface area contributed by atoms with E-state index in [1.165, 1.54) is 60.7 Å². The smallest absolute Gasteiger partial charge is 0.338 e. The van der Waals surface area contributed by atoms with Gasteiger partial charge in [0.15, 0.2) is 61.3 Å². The summed E-state index contributed by atoms with van der Waals surface area (Å²) in [5.41, 5.74) is 0.378. The molecule has 5 aromatic rings. The van der Waals surface area contributed by atoms with E-state index in [9.17, 15) is 43.5 Å². The van der Waals surface area contributed by atoms with Crippen LogP contribution in [-0.2, 0) is 85.4 Å². The predicted molar refractivity (Wildman–Crippen MR) is 290 cm³/mol. The van der Waals surface area contributed by atoms with Gasteiger partial charge in [0, 0.05) is 20.8 Å². The summed E-state index contributed by atoms with van der Waals surface area (Å²) in [6.07, 6.45) is -24.8. The summed E-state index contributed by atoms with van der Waals surface area (Å²) in [4.78, 5) is 108. The predicted octanol–water partition coefficient (Wildman–Crippen LogP) is 5.26. The van der Waals surface area contributed by atoms with E-state index in [2.05, 4.69) is 0 Å². The molecule has 0 aliphatic carbocycles. The third-order valence-electron chi connectivity index (χ3n) is 13.8. The molecule has 4 aliphatic heterocycles. The Balaban J connectivity index is 1.08. The van der Waals surface area contributed by atoms with E-state index in [1.807, 2.05) is 0 Å². The molecular weight excluding hydrogens is 1130 g/mol. The SMILES string of the molecule is CC(=O)OC1[C@H](O[C@@H]2C3OC(C)(C)O[C@@H]3O[C@H]2C(CO[C@@H]2OC(COC(=O)c3ccccc3)[C@H](OC(=O)c3ccccc3)[C@H](OC(=O)c3ccccc3)C2OC(=O)c2ccccc2)OC(C)=O)OC(COC(=O)c2ccccc2)[C@H](OC(C)=O)[C@@H]1O. The molecule has 0 amide bonds. The number of hydrogen-bond donors (Lipinski definition) is 1. The monoisotopic (exact) mass is 1190 g/mol. The molecule has 1 N–H and O–H groups in total. The minimum atomic E-state index is -1.91. The van der Waals surface area contributed by atoms with Gasteiger partial charge in [-0.2, -0.15) is 0 Å². The summed E-state index contributed by atoms with van der Waals surface area (Å²) in [5.74, 6) is -8.62. The average molecular weight is 1190 g/mol.